The number of fused-ring (bicyclic) bond motifs is 2. The van der Waals surface area contributed by atoms with Crippen molar-refractivity contribution < 1.29 is 14.3 Å². The first-order valence-electron chi connectivity index (χ1n) is 8.83. The van der Waals surface area contributed by atoms with Crippen LogP contribution in [0.2, 0.25) is 0 Å². The van der Waals surface area contributed by atoms with Crippen LogP contribution in [-0.2, 0) is 4.74 Å². The lowest BCUT2D eigenvalue weighted by Gasteiger charge is -2.35. The van der Waals surface area contributed by atoms with Gasteiger partial charge < -0.3 is 9.64 Å². The van der Waals surface area contributed by atoms with Crippen molar-refractivity contribution in [1.29, 1.82) is 0 Å². The summed E-state index contributed by atoms with van der Waals surface area (Å²) in [6.45, 7) is 1.97. The van der Waals surface area contributed by atoms with E-state index >= 15 is 0 Å². The molecule has 1 atom stereocenters. The third-order valence-electron chi connectivity index (χ3n) is 5.37. The molecule has 2 aliphatic heterocycles. The summed E-state index contributed by atoms with van der Waals surface area (Å²) in [5.74, 6) is 0.522. The van der Waals surface area contributed by atoms with Crippen LogP contribution in [0.3, 0.4) is 0 Å². The molecule has 5 rings (SSSR count). The number of cyclic esters (lactones) is 1. The van der Waals surface area contributed by atoms with Crippen LogP contribution in [0.15, 0.2) is 30.3 Å². The van der Waals surface area contributed by atoms with Crippen molar-refractivity contribution in [2.45, 2.75) is 24.8 Å². The van der Waals surface area contributed by atoms with Crippen molar-refractivity contribution >= 4 is 22.9 Å². The molecule has 3 fully saturated rings. The van der Waals surface area contributed by atoms with Crippen molar-refractivity contribution in [2.24, 2.45) is 0 Å². The van der Waals surface area contributed by atoms with Gasteiger partial charge in [0.05, 0.1) is 17.1 Å². The standard InChI is InChI=1S/C19H19N3O3/c23-18(21-7-8-22-13(10-21)11-25-19(22)24)15-9-17(12-5-6-12)20-16-4-2-1-3-14(15)16/h1-4,9,12-13H,5-8,10-11H2/t13-/m1/s1. The lowest BCUT2D eigenvalue weighted by atomic mass is 10.0. The number of para-hydroxylation sites is 1. The maximum absolute atomic E-state index is 13.2. The van der Waals surface area contributed by atoms with Crippen molar-refractivity contribution in [3.8, 4) is 0 Å². The Bertz CT molecular complexity index is 877. The molecule has 1 saturated carbocycles. The summed E-state index contributed by atoms with van der Waals surface area (Å²) < 4.78 is 5.10. The van der Waals surface area contributed by atoms with E-state index in [4.69, 9.17) is 9.72 Å². The minimum atomic E-state index is -0.262. The molecule has 2 amide bonds. The van der Waals surface area contributed by atoms with Gasteiger partial charge in [-0.3, -0.25) is 14.7 Å². The maximum Gasteiger partial charge on any atom is 0.410 e. The molecule has 128 valence electrons. The highest BCUT2D eigenvalue weighted by Gasteiger charge is 2.39. The predicted octanol–water partition coefficient (Wildman–Crippen LogP) is 2.39. The van der Waals surface area contributed by atoms with E-state index in [2.05, 4.69) is 0 Å². The Hall–Kier alpha value is -2.63. The van der Waals surface area contributed by atoms with Gasteiger partial charge in [-0.25, -0.2) is 4.79 Å². The van der Waals surface area contributed by atoms with Crippen LogP contribution < -0.4 is 0 Å². The highest BCUT2D eigenvalue weighted by atomic mass is 16.6. The Labute approximate surface area is 145 Å². The summed E-state index contributed by atoms with van der Waals surface area (Å²) in [6, 6.07) is 9.79. The molecule has 0 radical (unpaired) electrons. The summed E-state index contributed by atoms with van der Waals surface area (Å²) in [7, 11) is 0. The monoisotopic (exact) mass is 337 g/mol. The third-order valence-corrected chi connectivity index (χ3v) is 5.37. The molecule has 0 bridgehead atoms. The van der Waals surface area contributed by atoms with Gasteiger partial charge in [-0.05, 0) is 25.0 Å². The Kier molecular flexibility index (Phi) is 3.20. The molecule has 0 N–H and O–H groups in total. The van der Waals surface area contributed by atoms with Gasteiger partial charge in [-0.15, -0.1) is 0 Å². The van der Waals surface area contributed by atoms with Gasteiger partial charge in [-0.1, -0.05) is 18.2 Å². The minimum absolute atomic E-state index is 0.0267. The van der Waals surface area contributed by atoms with Crippen LogP contribution in [0.5, 0.6) is 0 Å². The lowest BCUT2D eigenvalue weighted by Crippen LogP contribution is -2.53. The molecule has 2 aromatic rings. The molecule has 3 heterocycles. The molecule has 6 nitrogen and oxygen atoms in total. The molecule has 1 aromatic heterocycles. The Morgan fingerprint density at radius 1 is 1.20 bits per heavy atom. The number of rotatable bonds is 2. The van der Waals surface area contributed by atoms with Crippen LogP contribution in [-0.4, -0.2) is 59.1 Å². The van der Waals surface area contributed by atoms with Gasteiger partial charge >= 0.3 is 6.09 Å². The smallest absolute Gasteiger partial charge is 0.410 e. The van der Waals surface area contributed by atoms with E-state index in [0.29, 0.717) is 32.2 Å². The zero-order valence-corrected chi connectivity index (χ0v) is 13.9. The van der Waals surface area contributed by atoms with Gasteiger partial charge in [0.15, 0.2) is 0 Å². The van der Waals surface area contributed by atoms with Crippen molar-refractivity contribution in [3.05, 3.63) is 41.6 Å². The third kappa shape index (κ3) is 2.44. The fourth-order valence-electron chi connectivity index (χ4n) is 3.80. The largest absolute Gasteiger partial charge is 0.447 e. The molecule has 6 heteroatoms. The number of carbonyl (C=O) groups is 2. The van der Waals surface area contributed by atoms with Crippen LogP contribution in [0.1, 0.15) is 34.8 Å². The number of ether oxygens (including phenoxy) is 1. The average Bonchev–Trinajstić information content (AvgIpc) is 3.44. The molecule has 2 saturated heterocycles. The molecule has 1 aromatic carbocycles. The second-order valence-corrected chi connectivity index (χ2v) is 7.06. The van der Waals surface area contributed by atoms with Crippen LogP contribution in [0.4, 0.5) is 4.79 Å². The van der Waals surface area contributed by atoms with Crippen LogP contribution >= 0.6 is 0 Å². The van der Waals surface area contributed by atoms with E-state index in [0.717, 1.165) is 35.0 Å². The van der Waals surface area contributed by atoms with E-state index in [9.17, 15) is 9.59 Å². The predicted molar refractivity (Wildman–Crippen MR) is 91.5 cm³/mol. The first kappa shape index (κ1) is 14.7. The number of pyridine rings is 1. The zero-order chi connectivity index (χ0) is 17.0. The summed E-state index contributed by atoms with van der Waals surface area (Å²) in [6.07, 6.45) is 2.04. The molecule has 0 unspecified atom stereocenters. The molecule has 0 spiro atoms. The Morgan fingerprint density at radius 3 is 2.88 bits per heavy atom. The summed E-state index contributed by atoms with van der Waals surface area (Å²) in [5.41, 5.74) is 2.64. The van der Waals surface area contributed by atoms with Gasteiger partial charge in [-0.2, -0.15) is 0 Å². The van der Waals surface area contributed by atoms with Gasteiger partial charge in [0, 0.05) is 36.6 Å². The van der Waals surface area contributed by atoms with Gasteiger partial charge in [0.1, 0.15) is 6.61 Å². The summed E-state index contributed by atoms with van der Waals surface area (Å²) in [4.78, 5) is 33.2. The van der Waals surface area contributed by atoms with Crippen LogP contribution in [0, 0.1) is 0 Å². The van der Waals surface area contributed by atoms with Crippen molar-refractivity contribution in [2.75, 3.05) is 26.2 Å². The Balaban J connectivity index is 1.50. The van der Waals surface area contributed by atoms with E-state index in [1.807, 2.05) is 35.2 Å². The number of piperazine rings is 1. The lowest BCUT2D eigenvalue weighted by molar-refractivity contribution is 0.0618. The second-order valence-electron chi connectivity index (χ2n) is 7.06. The van der Waals surface area contributed by atoms with Gasteiger partial charge in [0.25, 0.3) is 5.91 Å². The molecular weight excluding hydrogens is 318 g/mol. The van der Waals surface area contributed by atoms with Gasteiger partial charge in [0.2, 0.25) is 0 Å². The van der Waals surface area contributed by atoms with Crippen molar-refractivity contribution in [3.63, 3.8) is 0 Å². The number of aromatic nitrogens is 1. The molecule has 3 aliphatic rings. The van der Waals surface area contributed by atoms with Crippen molar-refractivity contribution in [1.82, 2.24) is 14.8 Å². The number of nitrogens with zero attached hydrogens (tertiary/aromatic N) is 3. The molecule has 1 aliphatic carbocycles. The number of carbonyl (C=O) groups excluding carboxylic acids is 2. The zero-order valence-electron chi connectivity index (χ0n) is 13.9. The van der Waals surface area contributed by atoms with E-state index in [-0.39, 0.29) is 18.0 Å². The van der Waals surface area contributed by atoms with E-state index < -0.39 is 0 Å². The maximum atomic E-state index is 13.2. The SMILES string of the molecule is O=C(c1cc(C2CC2)nc2ccccc12)N1CCN2C(=O)OC[C@H]2C1. The first-order valence-corrected chi connectivity index (χ1v) is 8.83. The second kappa shape index (κ2) is 5.44. The number of amides is 2. The normalized spacial score (nSPS) is 22.9. The minimum Gasteiger partial charge on any atom is -0.447 e. The summed E-state index contributed by atoms with van der Waals surface area (Å²) >= 11 is 0. The first-order chi connectivity index (χ1) is 12.2. The fourth-order valence-corrected chi connectivity index (χ4v) is 3.80. The summed E-state index contributed by atoms with van der Waals surface area (Å²) in [5, 5.41) is 0.901. The Morgan fingerprint density at radius 2 is 2.04 bits per heavy atom. The van der Waals surface area contributed by atoms with E-state index in [1.165, 1.54) is 0 Å². The quantitative estimate of drug-likeness (QED) is 0.844. The molecular formula is C19H19N3O3. The van der Waals surface area contributed by atoms with Crippen LogP contribution in [0.25, 0.3) is 10.9 Å². The average molecular weight is 337 g/mol. The van der Waals surface area contributed by atoms with E-state index in [1.54, 1.807) is 4.90 Å². The number of hydrogen-bond donors (Lipinski definition) is 0. The topological polar surface area (TPSA) is 62.7 Å². The fraction of sp³-hybridized carbons (Fsp3) is 0.421. The number of hydrogen-bond acceptors (Lipinski definition) is 4. The highest BCUT2D eigenvalue weighted by molar-refractivity contribution is 6.06. The number of benzene rings is 1. The highest BCUT2D eigenvalue weighted by Crippen LogP contribution is 2.40. The molecule has 25 heavy (non-hydrogen) atoms.